The van der Waals surface area contributed by atoms with Crippen molar-refractivity contribution in [1.82, 2.24) is 9.21 Å². The topological polar surface area (TPSA) is 93.5 Å². The molecule has 34 heavy (non-hydrogen) atoms. The van der Waals surface area contributed by atoms with Gasteiger partial charge in [0.05, 0.1) is 10.5 Å². The largest absolute Gasteiger partial charge is 0.312 e. The van der Waals surface area contributed by atoms with Gasteiger partial charge < -0.3 is 5.32 Å². The van der Waals surface area contributed by atoms with E-state index in [-0.39, 0.29) is 23.2 Å². The van der Waals surface area contributed by atoms with Gasteiger partial charge in [-0.3, -0.25) is 9.69 Å². The monoisotopic (exact) mass is 516 g/mol. The number of hydrogen-bond donors (Lipinski definition) is 1. The summed E-state index contributed by atoms with van der Waals surface area (Å²) in [5, 5.41) is 13.1. The number of sulfonamides is 1. The highest BCUT2D eigenvalue weighted by Gasteiger charge is 2.26. The Morgan fingerprint density at radius 2 is 1.82 bits per heavy atom. The van der Waals surface area contributed by atoms with E-state index in [2.05, 4.69) is 28.4 Å². The van der Waals surface area contributed by atoms with Crippen LogP contribution in [0.3, 0.4) is 0 Å². The third-order valence-corrected chi connectivity index (χ3v) is 8.58. The summed E-state index contributed by atoms with van der Waals surface area (Å²) in [6, 6.07) is 18.3. The summed E-state index contributed by atoms with van der Waals surface area (Å²) in [7, 11) is -0.648. The Hall–Kier alpha value is -2.74. The molecule has 0 saturated carbocycles. The van der Waals surface area contributed by atoms with Crippen molar-refractivity contribution in [3.05, 3.63) is 81.7 Å². The van der Waals surface area contributed by atoms with E-state index >= 15 is 0 Å². The number of thiophene rings is 1. The average Bonchev–Trinajstić information content (AvgIpc) is 3.15. The molecule has 3 aromatic rings. The van der Waals surface area contributed by atoms with E-state index in [4.69, 9.17) is 0 Å². The lowest BCUT2D eigenvalue weighted by Crippen LogP contribution is -2.29. The van der Waals surface area contributed by atoms with E-state index in [1.54, 1.807) is 0 Å². The van der Waals surface area contributed by atoms with Gasteiger partial charge in [0.15, 0.2) is 0 Å². The van der Waals surface area contributed by atoms with Crippen LogP contribution in [-0.2, 0) is 29.5 Å². The smallest absolute Gasteiger partial charge is 0.256 e. The van der Waals surface area contributed by atoms with Crippen molar-refractivity contribution in [2.45, 2.75) is 24.4 Å². The molecular formula is C24H25ClN4O3S2. The molecule has 0 fully saturated rings. The van der Waals surface area contributed by atoms with Gasteiger partial charge in [0.25, 0.3) is 5.91 Å². The molecule has 2 heterocycles. The van der Waals surface area contributed by atoms with E-state index in [1.807, 2.05) is 18.2 Å². The number of benzene rings is 2. The van der Waals surface area contributed by atoms with E-state index in [9.17, 15) is 18.5 Å². The van der Waals surface area contributed by atoms with Gasteiger partial charge in [-0.25, -0.2) is 12.7 Å². The molecule has 1 aromatic heterocycles. The molecule has 1 aliphatic rings. The van der Waals surface area contributed by atoms with Crippen molar-refractivity contribution in [1.29, 1.82) is 5.26 Å². The summed E-state index contributed by atoms with van der Waals surface area (Å²) < 4.78 is 25.6. The van der Waals surface area contributed by atoms with Gasteiger partial charge in [-0.15, -0.1) is 23.7 Å². The van der Waals surface area contributed by atoms with Crippen LogP contribution in [0.4, 0.5) is 5.00 Å². The fraction of sp³-hybridized carbons (Fsp3) is 0.250. The molecular weight excluding hydrogens is 492 g/mol. The van der Waals surface area contributed by atoms with Crippen LogP contribution in [0.2, 0.25) is 0 Å². The normalized spacial score (nSPS) is 13.6. The Balaban J connectivity index is 0.00000324. The highest BCUT2D eigenvalue weighted by molar-refractivity contribution is 7.89. The van der Waals surface area contributed by atoms with Gasteiger partial charge in [-0.1, -0.05) is 30.3 Å². The van der Waals surface area contributed by atoms with E-state index in [0.29, 0.717) is 16.1 Å². The molecule has 2 aromatic carbocycles. The number of amides is 1. The number of anilines is 1. The van der Waals surface area contributed by atoms with Crippen LogP contribution >= 0.6 is 23.7 Å². The molecule has 0 aliphatic carbocycles. The number of nitrogens with one attached hydrogen (secondary N) is 1. The number of halogens is 1. The molecule has 0 atom stereocenters. The van der Waals surface area contributed by atoms with Gasteiger partial charge in [0.1, 0.15) is 11.1 Å². The molecule has 0 radical (unpaired) electrons. The van der Waals surface area contributed by atoms with Crippen molar-refractivity contribution in [3.63, 3.8) is 0 Å². The zero-order valence-corrected chi connectivity index (χ0v) is 21.3. The number of rotatable bonds is 6. The third kappa shape index (κ3) is 5.32. The minimum absolute atomic E-state index is 0. The predicted octanol–water partition coefficient (Wildman–Crippen LogP) is 4.10. The zero-order valence-electron chi connectivity index (χ0n) is 18.8. The highest BCUT2D eigenvalue weighted by Crippen LogP contribution is 2.37. The highest BCUT2D eigenvalue weighted by atomic mass is 35.5. The maximum absolute atomic E-state index is 12.8. The second kappa shape index (κ2) is 10.7. The molecule has 4 rings (SSSR count). The summed E-state index contributed by atoms with van der Waals surface area (Å²) in [6.07, 6.45) is 0.758. The van der Waals surface area contributed by atoms with Crippen LogP contribution < -0.4 is 5.32 Å². The first-order valence-electron chi connectivity index (χ1n) is 10.4. The van der Waals surface area contributed by atoms with Crippen LogP contribution in [0.5, 0.6) is 0 Å². The molecule has 0 bridgehead atoms. The Labute approximate surface area is 210 Å². The van der Waals surface area contributed by atoms with E-state index < -0.39 is 10.0 Å². The molecule has 0 unspecified atom stereocenters. The van der Waals surface area contributed by atoms with Crippen molar-refractivity contribution in [3.8, 4) is 6.07 Å². The maximum Gasteiger partial charge on any atom is 0.256 e. The summed E-state index contributed by atoms with van der Waals surface area (Å²) in [5.41, 5.74) is 3.10. The minimum Gasteiger partial charge on any atom is -0.312 e. The average molecular weight is 517 g/mol. The number of nitriles is 1. The molecule has 0 spiro atoms. The van der Waals surface area contributed by atoms with E-state index in [0.717, 1.165) is 40.8 Å². The number of hydrogen-bond acceptors (Lipinski definition) is 6. The lowest BCUT2D eigenvalue weighted by molar-refractivity contribution is 0.102. The van der Waals surface area contributed by atoms with Crippen molar-refractivity contribution in [2.24, 2.45) is 0 Å². The molecule has 1 amide bonds. The minimum atomic E-state index is -3.56. The maximum atomic E-state index is 12.8. The summed E-state index contributed by atoms with van der Waals surface area (Å²) in [5.74, 6) is -0.375. The first kappa shape index (κ1) is 25.9. The first-order chi connectivity index (χ1) is 15.8. The van der Waals surface area contributed by atoms with Crippen LogP contribution in [0.1, 0.15) is 31.9 Å². The van der Waals surface area contributed by atoms with E-state index in [1.165, 1.54) is 55.3 Å². The molecule has 178 valence electrons. The third-order valence-electron chi connectivity index (χ3n) is 5.62. The molecule has 1 N–H and O–H groups in total. The van der Waals surface area contributed by atoms with Gasteiger partial charge in [0, 0.05) is 44.2 Å². The van der Waals surface area contributed by atoms with Crippen molar-refractivity contribution in [2.75, 3.05) is 26.0 Å². The Bertz CT molecular complexity index is 1310. The summed E-state index contributed by atoms with van der Waals surface area (Å²) >= 11 is 1.44. The first-order valence-corrected chi connectivity index (χ1v) is 12.7. The van der Waals surface area contributed by atoms with Gasteiger partial charge in [-0.2, -0.15) is 5.26 Å². The number of fused-ring (bicyclic) bond motifs is 1. The summed E-state index contributed by atoms with van der Waals surface area (Å²) in [6.45, 7) is 2.42. The fourth-order valence-corrected chi connectivity index (χ4v) is 5.94. The van der Waals surface area contributed by atoms with Crippen LogP contribution in [0.25, 0.3) is 0 Å². The predicted molar refractivity (Wildman–Crippen MR) is 136 cm³/mol. The van der Waals surface area contributed by atoms with Crippen LogP contribution in [-0.4, -0.2) is 44.2 Å². The molecule has 0 saturated heterocycles. The lowest BCUT2D eigenvalue weighted by Gasteiger charge is -2.26. The Morgan fingerprint density at radius 1 is 1.15 bits per heavy atom. The van der Waals surface area contributed by atoms with Gasteiger partial charge in [0.2, 0.25) is 10.0 Å². The lowest BCUT2D eigenvalue weighted by atomic mass is 10.0. The molecule has 10 heteroatoms. The zero-order chi connectivity index (χ0) is 23.6. The number of carbonyl (C=O) groups is 1. The summed E-state index contributed by atoms with van der Waals surface area (Å²) in [4.78, 5) is 16.4. The van der Waals surface area contributed by atoms with Crippen molar-refractivity contribution >= 4 is 44.7 Å². The molecule has 7 nitrogen and oxygen atoms in total. The Morgan fingerprint density at radius 3 is 2.44 bits per heavy atom. The van der Waals surface area contributed by atoms with Crippen molar-refractivity contribution < 1.29 is 13.2 Å². The quantitative estimate of drug-likeness (QED) is 0.532. The number of carbonyl (C=O) groups excluding carboxylic acids is 1. The van der Waals surface area contributed by atoms with Gasteiger partial charge >= 0.3 is 0 Å². The van der Waals surface area contributed by atoms with Gasteiger partial charge in [-0.05, 0) is 41.8 Å². The second-order valence-corrected chi connectivity index (χ2v) is 11.3. The fourth-order valence-electron chi connectivity index (χ4n) is 3.80. The van der Waals surface area contributed by atoms with Crippen LogP contribution in [0, 0.1) is 11.3 Å². The number of nitrogens with zero attached hydrogens (tertiary/aromatic N) is 3. The van der Waals surface area contributed by atoms with Crippen LogP contribution in [0.15, 0.2) is 59.5 Å². The SMILES string of the molecule is CN(C)S(=O)(=O)c1ccc(C(=O)Nc2sc3c(c2C#N)CCN(Cc2ccccc2)C3)cc1.Cl. The second-order valence-electron chi connectivity index (χ2n) is 8.03. The Kier molecular flexibility index (Phi) is 8.13. The molecule has 1 aliphatic heterocycles. The standard InChI is InChI=1S/C24H24N4O3S2.ClH/c1-27(2)33(30,31)19-10-8-18(9-11-19)23(29)26-24-21(14-25)20-12-13-28(16-22(20)32-24)15-17-6-4-3-5-7-17;/h3-11H,12-13,15-16H2,1-2H3,(H,26,29);1H.